The van der Waals surface area contributed by atoms with E-state index in [4.69, 9.17) is 16.9 Å². The van der Waals surface area contributed by atoms with Crippen molar-refractivity contribution in [1.29, 1.82) is 5.26 Å². The smallest absolute Gasteiger partial charge is 0.223 e. The summed E-state index contributed by atoms with van der Waals surface area (Å²) >= 11 is 5.96. The zero-order chi connectivity index (χ0) is 15.5. The Morgan fingerprint density at radius 1 is 1.38 bits per heavy atom. The third-order valence-corrected chi connectivity index (χ3v) is 6.40. The summed E-state index contributed by atoms with van der Waals surface area (Å²) in [6.45, 7) is -0.0583. The third kappa shape index (κ3) is 3.36. The fourth-order valence-corrected chi connectivity index (χ4v) is 4.94. The summed E-state index contributed by atoms with van der Waals surface area (Å²) in [5.41, 5.74) is 0. The zero-order valence-corrected chi connectivity index (χ0v) is 12.8. The van der Waals surface area contributed by atoms with E-state index in [1.165, 1.54) is 6.07 Å². The van der Waals surface area contributed by atoms with Crippen LogP contribution >= 0.6 is 11.6 Å². The van der Waals surface area contributed by atoms with Gasteiger partial charge in [-0.1, -0.05) is 23.7 Å². The fourth-order valence-electron chi connectivity index (χ4n) is 2.59. The van der Waals surface area contributed by atoms with Gasteiger partial charge in [-0.2, -0.15) is 5.26 Å². The molecule has 1 aliphatic carbocycles. The molecule has 0 aliphatic heterocycles. The molecule has 7 heteroatoms. The van der Waals surface area contributed by atoms with E-state index in [2.05, 4.69) is 5.32 Å². The number of benzene rings is 1. The van der Waals surface area contributed by atoms with Gasteiger partial charge in [0.05, 0.1) is 21.2 Å². The number of amides is 1. The van der Waals surface area contributed by atoms with Crippen LogP contribution in [0.2, 0.25) is 5.02 Å². The standard InChI is InChI=1S/C14H15ClN2O3S/c15-12-3-1-2-4-13(12)21(19,20)11-6-5-10(9-11)14(18)17-8-7-16/h1-4,10-11H,5-6,8-9H2,(H,17,18)/t10-,11?/m0/s1. The highest BCUT2D eigenvalue weighted by molar-refractivity contribution is 7.92. The van der Waals surface area contributed by atoms with Crippen molar-refractivity contribution >= 4 is 27.3 Å². The molecule has 5 nitrogen and oxygen atoms in total. The molecule has 21 heavy (non-hydrogen) atoms. The maximum absolute atomic E-state index is 12.6. The number of sulfone groups is 1. The molecule has 0 saturated heterocycles. The Labute approximate surface area is 128 Å². The molecule has 1 N–H and O–H groups in total. The van der Waals surface area contributed by atoms with Crippen molar-refractivity contribution in [2.45, 2.75) is 29.4 Å². The van der Waals surface area contributed by atoms with E-state index >= 15 is 0 Å². The topological polar surface area (TPSA) is 87.0 Å². The molecule has 0 spiro atoms. The van der Waals surface area contributed by atoms with Crippen molar-refractivity contribution in [3.8, 4) is 6.07 Å². The van der Waals surface area contributed by atoms with Gasteiger partial charge in [-0.15, -0.1) is 0 Å². The number of rotatable bonds is 4. The first-order chi connectivity index (χ1) is 9.96. The van der Waals surface area contributed by atoms with Crippen molar-refractivity contribution in [2.24, 2.45) is 5.92 Å². The highest BCUT2D eigenvalue weighted by Crippen LogP contribution is 2.35. The molecule has 1 saturated carbocycles. The maximum atomic E-state index is 12.6. The minimum atomic E-state index is -3.53. The lowest BCUT2D eigenvalue weighted by molar-refractivity contribution is -0.124. The lowest BCUT2D eigenvalue weighted by atomic mass is 10.1. The normalized spacial score (nSPS) is 21.7. The van der Waals surface area contributed by atoms with Gasteiger partial charge in [0.1, 0.15) is 6.54 Å². The molecule has 1 unspecified atom stereocenters. The minimum Gasteiger partial charge on any atom is -0.343 e. The molecule has 1 fully saturated rings. The highest BCUT2D eigenvalue weighted by Gasteiger charge is 2.38. The monoisotopic (exact) mass is 326 g/mol. The average Bonchev–Trinajstić information content (AvgIpc) is 2.95. The Balaban J connectivity index is 2.13. The van der Waals surface area contributed by atoms with Crippen LogP contribution in [0, 0.1) is 17.2 Å². The van der Waals surface area contributed by atoms with Gasteiger partial charge in [0, 0.05) is 5.92 Å². The van der Waals surface area contributed by atoms with Crippen LogP contribution < -0.4 is 5.32 Å². The number of hydrogen-bond donors (Lipinski definition) is 1. The average molecular weight is 327 g/mol. The largest absolute Gasteiger partial charge is 0.343 e. The summed E-state index contributed by atoms with van der Waals surface area (Å²) in [5.74, 6) is -0.617. The second kappa shape index (κ2) is 6.46. The number of carbonyl (C=O) groups is 1. The molecular weight excluding hydrogens is 312 g/mol. The molecular formula is C14H15ClN2O3S. The predicted molar refractivity (Wildman–Crippen MR) is 78.4 cm³/mol. The van der Waals surface area contributed by atoms with Gasteiger partial charge in [-0.25, -0.2) is 8.42 Å². The number of halogens is 1. The van der Waals surface area contributed by atoms with Crippen LogP contribution in [0.4, 0.5) is 0 Å². The summed E-state index contributed by atoms with van der Waals surface area (Å²) in [7, 11) is -3.53. The van der Waals surface area contributed by atoms with E-state index < -0.39 is 15.1 Å². The Morgan fingerprint density at radius 3 is 2.76 bits per heavy atom. The molecule has 1 aromatic rings. The molecule has 2 atom stereocenters. The van der Waals surface area contributed by atoms with Gasteiger partial charge >= 0.3 is 0 Å². The summed E-state index contributed by atoms with van der Waals surface area (Å²) < 4.78 is 25.1. The number of nitriles is 1. The van der Waals surface area contributed by atoms with E-state index in [1.807, 2.05) is 6.07 Å². The Bertz CT molecular complexity index is 682. The Kier molecular flexibility index (Phi) is 4.86. The quantitative estimate of drug-likeness (QED) is 0.856. The molecule has 0 heterocycles. The van der Waals surface area contributed by atoms with Gasteiger partial charge in [-0.05, 0) is 31.4 Å². The predicted octanol–water partition coefficient (Wildman–Crippen LogP) is 1.92. The SMILES string of the molecule is N#CCNC(=O)[C@H]1CCC(S(=O)(=O)c2ccccc2Cl)C1. The number of carbonyl (C=O) groups excluding carboxylic acids is 1. The van der Waals surface area contributed by atoms with Crippen molar-refractivity contribution < 1.29 is 13.2 Å². The summed E-state index contributed by atoms with van der Waals surface area (Å²) in [6.07, 6.45) is 1.20. The Morgan fingerprint density at radius 2 is 2.10 bits per heavy atom. The molecule has 0 radical (unpaired) electrons. The van der Waals surface area contributed by atoms with Gasteiger partial charge in [0.2, 0.25) is 5.91 Å². The molecule has 0 bridgehead atoms. The second-order valence-electron chi connectivity index (χ2n) is 4.98. The first kappa shape index (κ1) is 15.8. The van der Waals surface area contributed by atoms with Crippen LogP contribution in [-0.2, 0) is 14.6 Å². The molecule has 2 rings (SSSR count). The van der Waals surface area contributed by atoms with E-state index in [-0.39, 0.29) is 34.7 Å². The first-order valence-electron chi connectivity index (χ1n) is 6.60. The van der Waals surface area contributed by atoms with Gasteiger partial charge < -0.3 is 5.32 Å². The lowest BCUT2D eigenvalue weighted by Gasteiger charge is -2.13. The van der Waals surface area contributed by atoms with Crippen LogP contribution in [0.15, 0.2) is 29.2 Å². The highest BCUT2D eigenvalue weighted by atomic mass is 35.5. The van der Waals surface area contributed by atoms with Crippen molar-refractivity contribution in [2.75, 3.05) is 6.54 Å². The van der Waals surface area contributed by atoms with E-state index in [0.29, 0.717) is 12.8 Å². The van der Waals surface area contributed by atoms with Gasteiger partial charge in [-0.3, -0.25) is 4.79 Å². The molecule has 1 amide bonds. The number of nitrogens with zero attached hydrogens (tertiary/aromatic N) is 1. The number of nitrogens with one attached hydrogen (secondary N) is 1. The van der Waals surface area contributed by atoms with Crippen molar-refractivity contribution in [3.63, 3.8) is 0 Å². The van der Waals surface area contributed by atoms with Crippen LogP contribution in [-0.4, -0.2) is 26.1 Å². The van der Waals surface area contributed by atoms with Crippen LogP contribution in [0.3, 0.4) is 0 Å². The van der Waals surface area contributed by atoms with Gasteiger partial charge in [0.15, 0.2) is 9.84 Å². The molecule has 1 aliphatic rings. The zero-order valence-electron chi connectivity index (χ0n) is 11.3. The molecule has 112 valence electrons. The number of hydrogen-bond acceptors (Lipinski definition) is 4. The van der Waals surface area contributed by atoms with E-state index in [0.717, 1.165) is 0 Å². The molecule has 0 aromatic heterocycles. The van der Waals surface area contributed by atoms with Crippen LogP contribution in [0.1, 0.15) is 19.3 Å². The lowest BCUT2D eigenvalue weighted by Crippen LogP contribution is -2.30. The second-order valence-corrected chi connectivity index (χ2v) is 7.59. The van der Waals surface area contributed by atoms with Crippen LogP contribution in [0.5, 0.6) is 0 Å². The van der Waals surface area contributed by atoms with Gasteiger partial charge in [0.25, 0.3) is 0 Å². The maximum Gasteiger partial charge on any atom is 0.223 e. The summed E-state index contributed by atoms with van der Waals surface area (Å²) in [6, 6.07) is 8.16. The van der Waals surface area contributed by atoms with Crippen molar-refractivity contribution in [1.82, 2.24) is 5.32 Å². The first-order valence-corrected chi connectivity index (χ1v) is 8.52. The Hall–Kier alpha value is -1.58. The van der Waals surface area contributed by atoms with Crippen LogP contribution in [0.25, 0.3) is 0 Å². The molecule has 1 aromatic carbocycles. The van der Waals surface area contributed by atoms with E-state index in [1.54, 1.807) is 18.2 Å². The fraction of sp³-hybridized carbons (Fsp3) is 0.429. The summed E-state index contributed by atoms with van der Waals surface area (Å²) in [5, 5.41) is 10.5. The summed E-state index contributed by atoms with van der Waals surface area (Å²) in [4.78, 5) is 11.9. The van der Waals surface area contributed by atoms with E-state index in [9.17, 15) is 13.2 Å². The van der Waals surface area contributed by atoms with Crippen molar-refractivity contribution in [3.05, 3.63) is 29.3 Å². The minimum absolute atomic E-state index is 0.0583. The third-order valence-electron chi connectivity index (χ3n) is 3.68.